The van der Waals surface area contributed by atoms with Gasteiger partial charge in [-0.1, -0.05) is 37.1 Å². The van der Waals surface area contributed by atoms with Gasteiger partial charge in [0, 0.05) is 43.0 Å². The van der Waals surface area contributed by atoms with E-state index in [-0.39, 0.29) is 53.5 Å². The molecule has 11 heteroatoms. The second kappa shape index (κ2) is 11.0. The zero-order valence-corrected chi connectivity index (χ0v) is 25.8. The fourth-order valence-corrected chi connectivity index (χ4v) is 8.30. The Hall–Kier alpha value is -4.14. The van der Waals surface area contributed by atoms with Gasteiger partial charge in [-0.15, -0.1) is 6.42 Å². The molecule has 4 aliphatic rings. The van der Waals surface area contributed by atoms with Crippen molar-refractivity contribution in [2.45, 2.75) is 69.4 Å². The first-order valence-electron chi connectivity index (χ1n) is 16.1. The fraction of sp³-hybridized carbons (Fsp3) is 0.457. The summed E-state index contributed by atoms with van der Waals surface area (Å²) in [6.45, 7) is 6.82. The first kappa shape index (κ1) is 29.3. The van der Waals surface area contributed by atoms with Gasteiger partial charge >= 0.3 is 6.01 Å². The quantitative estimate of drug-likeness (QED) is 0.295. The van der Waals surface area contributed by atoms with E-state index in [1.165, 1.54) is 6.07 Å². The zero-order valence-electron chi connectivity index (χ0n) is 25.8. The predicted molar refractivity (Wildman–Crippen MR) is 170 cm³/mol. The molecule has 3 fully saturated rings. The van der Waals surface area contributed by atoms with E-state index >= 15 is 4.39 Å². The molecule has 3 saturated heterocycles. The molecule has 0 saturated carbocycles. The van der Waals surface area contributed by atoms with Gasteiger partial charge in [0.2, 0.25) is 5.88 Å². The molecule has 4 aliphatic heterocycles. The van der Waals surface area contributed by atoms with E-state index in [2.05, 4.69) is 32.9 Å². The smallest absolute Gasteiger partial charge is 0.319 e. The van der Waals surface area contributed by atoms with Crippen LogP contribution in [0.15, 0.2) is 30.3 Å². The standard InChI is InChI=1S/C35H35F3N6O2/c1-4-22-24(37)11-10-20-8-6-9-23(26(20)22)29-28(38)30-27-32(44-15-13-39-25(5-2)31(44)19(3)46-33(27)40-29)42-34(41-30)45-18-35-12-7-14-43(35)17-21(36)16-35/h1,6,8-11,19,21,25,31,39H,5,7,12-18H2,2-3H3/t19-,21+,25-,31+,35-/m0/s1. The number of terminal acetylenes is 1. The Kier molecular flexibility index (Phi) is 6.99. The lowest BCUT2D eigenvalue weighted by molar-refractivity contribution is 0.107. The summed E-state index contributed by atoms with van der Waals surface area (Å²) in [5.74, 6) is 1.83. The minimum atomic E-state index is -0.913. The second-order valence-electron chi connectivity index (χ2n) is 12.9. The normalized spacial score (nSPS) is 27.3. The average Bonchev–Trinajstić information content (AvgIpc) is 3.55. The van der Waals surface area contributed by atoms with Crippen LogP contribution in [0.3, 0.4) is 0 Å². The summed E-state index contributed by atoms with van der Waals surface area (Å²) in [5, 5.41) is 4.98. The molecular formula is C35H35F3N6O2. The molecule has 0 radical (unpaired) electrons. The number of hydrogen-bond donors (Lipinski definition) is 1. The Morgan fingerprint density at radius 2 is 2.02 bits per heavy atom. The highest BCUT2D eigenvalue weighted by Crippen LogP contribution is 2.45. The van der Waals surface area contributed by atoms with E-state index in [4.69, 9.17) is 25.9 Å². The Balaban J connectivity index is 1.34. The first-order chi connectivity index (χ1) is 22.3. The van der Waals surface area contributed by atoms with Crippen LogP contribution in [0.25, 0.3) is 32.9 Å². The van der Waals surface area contributed by atoms with Crippen LogP contribution in [-0.2, 0) is 0 Å². The minimum Gasteiger partial charge on any atom is -0.472 e. The van der Waals surface area contributed by atoms with Crippen LogP contribution in [0.2, 0.25) is 0 Å². The van der Waals surface area contributed by atoms with Gasteiger partial charge in [-0.3, -0.25) is 4.90 Å². The van der Waals surface area contributed by atoms with Gasteiger partial charge in [0.15, 0.2) is 5.82 Å². The van der Waals surface area contributed by atoms with Gasteiger partial charge in [0.05, 0.1) is 17.1 Å². The number of ether oxygens (including phenoxy) is 2. The molecule has 5 atom stereocenters. The summed E-state index contributed by atoms with van der Waals surface area (Å²) in [6, 6.07) is 8.12. The van der Waals surface area contributed by atoms with Crippen LogP contribution in [0, 0.1) is 24.0 Å². The number of fused-ring (bicyclic) bond motifs is 4. The third-order valence-corrected chi connectivity index (χ3v) is 10.4. The van der Waals surface area contributed by atoms with Gasteiger partial charge in [-0.2, -0.15) is 9.97 Å². The van der Waals surface area contributed by atoms with Crippen molar-refractivity contribution in [2.24, 2.45) is 0 Å². The SMILES string of the molecule is C#Cc1c(F)ccc2cccc(-c3nc4c5c(nc(OC[C@@]67CCCN6C[C@H](F)C7)nc5c3F)N3CCN[C@@H](CC)[C@H]3[C@H](C)O4)c12. The summed E-state index contributed by atoms with van der Waals surface area (Å²) in [7, 11) is 0. The molecule has 1 N–H and O–H groups in total. The highest BCUT2D eigenvalue weighted by Gasteiger charge is 2.49. The number of rotatable bonds is 5. The molecule has 8 nitrogen and oxygen atoms in total. The number of anilines is 1. The molecule has 2 aromatic carbocycles. The highest BCUT2D eigenvalue weighted by molar-refractivity contribution is 6.03. The minimum absolute atomic E-state index is 0.00865. The largest absolute Gasteiger partial charge is 0.472 e. The molecule has 238 valence electrons. The lowest BCUT2D eigenvalue weighted by Gasteiger charge is -2.43. The van der Waals surface area contributed by atoms with Gasteiger partial charge < -0.3 is 19.7 Å². The van der Waals surface area contributed by atoms with Crippen LogP contribution in [0.5, 0.6) is 11.9 Å². The zero-order chi connectivity index (χ0) is 31.7. The maximum atomic E-state index is 17.0. The van der Waals surface area contributed by atoms with Crippen LogP contribution in [0.1, 0.15) is 45.1 Å². The number of aromatic nitrogens is 3. The molecule has 8 rings (SSSR count). The van der Waals surface area contributed by atoms with Crippen molar-refractivity contribution in [3.05, 3.63) is 47.5 Å². The van der Waals surface area contributed by atoms with E-state index in [0.29, 0.717) is 53.6 Å². The number of benzene rings is 2. The third-order valence-electron chi connectivity index (χ3n) is 10.4. The molecule has 0 spiro atoms. The Bertz CT molecular complexity index is 1920. The molecular weight excluding hydrogens is 593 g/mol. The van der Waals surface area contributed by atoms with Crippen LogP contribution in [0.4, 0.5) is 19.0 Å². The summed E-state index contributed by atoms with van der Waals surface area (Å²) in [6.07, 6.45) is 7.51. The van der Waals surface area contributed by atoms with Gasteiger partial charge in [0.25, 0.3) is 0 Å². The van der Waals surface area contributed by atoms with E-state index in [1.54, 1.807) is 24.3 Å². The number of nitrogens with one attached hydrogen (secondary N) is 1. The summed E-state index contributed by atoms with van der Waals surface area (Å²) in [4.78, 5) is 18.6. The first-order valence-corrected chi connectivity index (χ1v) is 16.1. The molecule has 0 unspecified atom stereocenters. The molecule has 0 bridgehead atoms. The molecule has 4 aromatic rings. The van der Waals surface area contributed by atoms with E-state index in [1.807, 2.05) is 6.92 Å². The number of hydrogen-bond acceptors (Lipinski definition) is 8. The van der Waals surface area contributed by atoms with Crippen molar-refractivity contribution in [1.82, 2.24) is 25.2 Å². The Morgan fingerprint density at radius 1 is 1.15 bits per heavy atom. The van der Waals surface area contributed by atoms with Crippen molar-refractivity contribution in [3.8, 4) is 35.5 Å². The van der Waals surface area contributed by atoms with Crippen molar-refractivity contribution < 1.29 is 22.6 Å². The summed E-state index contributed by atoms with van der Waals surface area (Å²) < 4.78 is 59.4. The molecule has 0 aliphatic carbocycles. The van der Waals surface area contributed by atoms with Crippen molar-refractivity contribution in [2.75, 3.05) is 37.7 Å². The fourth-order valence-electron chi connectivity index (χ4n) is 8.30. The van der Waals surface area contributed by atoms with Crippen molar-refractivity contribution in [3.63, 3.8) is 0 Å². The topological polar surface area (TPSA) is 75.6 Å². The predicted octanol–water partition coefficient (Wildman–Crippen LogP) is 5.40. The van der Waals surface area contributed by atoms with Crippen LogP contribution >= 0.6 is 0 Å². The number of nitrogens with zero attached hydrogens (tertiary/aromatic N) is 5. The van der Waals surface area contributed by atoms with Gasteiger partial charge in [-0.05, 0) is 44.2 Å². The van der Waals surface area contributed by atoms with E-state index in [9.17, 15) is 8.78 Å². The van der Waals surface area contributed by atoms with Crippen LogP contribution < -0.4 is 19.7 Å². The number of pyridine rings is 1. The Labute approximate surface area is 265 Å². The van der Waals surface area contributed by atoms with Crippen LogP contribution in [-0.4, -0.2) is 82.5 Å². The lowest BCUT2D eigenvalue weighted by atomic mass is 9.95. The molecule has 0 amide bonds. The average molecular weight is 629 g/mol. The number of piperazine rings is 1. The third kappa shape index (κ3) is 4.41. The Morgan fingerprint density at radius 3 is 2.85 bits per heavy atom. The summed E-state index contributed by atoms with van der Waals surface area (Å²) >= 11 is 0. The summed E-state index contributed by atoms with van der Waals surface area (Å²) in [5.41, 5.74) is -0.139. The second-order valence-corrected chi connectivity index (χ2v) is 12.9. The number of alkyl halides is 1. The van der Waals surface area contributed by atoms with Crippen molar-refractivity contribution in [1.29, 1.82) is 0 Å². The highest BCUT2D eigenvalue weighted by atomic mass is 19.1. The number of halogens is 3. The van der Waals surface area contributed by atoms with Gasteiger partial charge in [-0.25, -0.2) is 18.2 Å². The maximum Gasteiger partial charge on any atom is 0.319 e. The maximum absolute atomic E-state index is 17.0. The molecule has 6 heterocycles. The van der Waals surface area contributed by atoms with Crippen molar-refractivity contribution >= 4 is 27.5 Å². The lowest BCUT2D eigenvalue weighted by Crippen LogP contribution is -2.62. The molecule has 46 heavy (non-hydrogen) atoms. The molecule has 2 aromatic heterocycles. The monoisotopic (exact) mass is 628 g/mol. The van der Waals surface area contributed by atoms with E-state index in [0.717, 1.165) is 25.8 Å². The van der Waals surface area contributed by atoms with E-state index < -0.39 is 23.3 Å². The van der Waals surface area contributed by atoms with Gasteiger partial charge in [0.1, 0.15) is 47.1 Å².